The molecule has 0 amide bonds. The van der Waals surface area contributed by atoms with Gasteiger partial charge in [0.25, 0.3) is 0 Å². The molecule has 2 heteroatoms. The molecule has 0 radical (unpaired) electrons. The molecule has 6 atom stereocenters. The zero-order chi connectivity index (χ0) is 22.6. The highest BCUT2D eigenvalue weighted by atomic mass is 16.5. The van der Waals surface area contributed by atoms with Crippen LogP contribution in [0.5, 0.6) is 0 Å². The molecule has 2 nitrogen and oxygen atoms in total. The van der Waals surface area contributed by atoms with Crippen LogP contribution in [0.25, 0.3) is 0 Å². The van der Waals surface area contributed by atoms with Crippen molar-refractivity contribution in [3.8, 4) is 0 Å². The maximum absolute atomic E-state index is 12.3. The summed E-state index contributed by atoms with van der Waals surface area (Å²) in [6.45, 7) is 4.56. The van der Waals surface area contributed by atoms with Crippen molar-refractivity contribution in [3.05, 3.63) is 0 Å². The first-order valence-electron chi connectivity index (χ1n) is 14.9. The van der Waals surface area contributed by atoms with Crippen molar-refractivity contribution in [3.63, 3.8) is 0 Å². The van der Waals surface area contributed by atoms with Gasteiger partial charge in [-0.15, -0.1) is 0 Å². The lowest BCUT2D eigenvalue weighted by Gasteiger charge is -2.50. The monoisotopic (exact) mass is 446 g/mol. The molecule has 0 spiro atoms. The molecule has 0 aromatic rings. The van der Waals surface area contributed by atoms with Crippen molar-refractivity contribution in [2.24, 2.45) is 29.6 Å². The lowest BCUT2D eigenvalue weighted by Crippen LogP contribution is -2.43. The topological polar surface area (TPSA) is 26.3 Å². The van der Waals surface area contributed by atoms with E-state index in [0.29, 0.717) is 6.42 Å². The molecule has 0 aliphatic heterocycles. The minimum absolute atomic E-state index is 0.0806. The molecule has 4 unspecified atom stereocenters. The van der Waals surface area contributed by atoms with Gasteiger partial charge in [0.05, 0.1) is 0 Å². The number of rotatable bonds is 14. The van der Waals surface area contributed by atoms with Gasteiger partial charge < -0.3 is 4.74 Å². The minimum atomic E-state index is 0.0806. The summed E-state index contributed by atoms with van der Waals surface area (Å²) >= 11 is 0. The van der Waals surface area contributed by atoms with Crippen LogP contribution >= 0.6 is 0 Å². The fraction of sp³-hybridized carbons (Fsp3) is 0.967. The molecule has 0 N–H and O–H groups in total. The molecule has 32 heavy (non-hydrogen) atoms. The van der Waals surface area contributed by atoms with Crippen LogP contribution in [0.4, 0.5) is 0 Å². The standard InChI is InChI=1S/C30H54O2/c1-3-5-7-9-11-13-15-30(31)32-27-19-21-29-26(23-27)18-17-25-22-24(16-20-28(25)29)14-12-10-8-6-4-2/h24-29H,3-23H2,1-2H3/t24-,25?,26?,27-,28?,29?/m1/s1. The van der Waals surface area contributed by atoms with E-state index < -0.39 is 0 Å². The molecule has 3 aliphatic rings. The normalized spacial score (nSPS) is 32.2. The first-order chi connectivity index (χ1) is 15.7. The SMILES string of the molecule is CCCCCCCCC(=O)O[C@@H]1CCC2C(CCC3C[C@H](CCCCCCC)CCC32)C1. The molecular formula is C30H54O2. The second-order valence-corrected chi connectivity index (χ2v) is 11.7. The zero-order valence-corrected chi connectivity index (χ0v) is 21.6. The summed E-state index contributed by atoms with van der Waals surface area (Å²) in [4.78, 5) is 12.3. The number of carbonyl (C=O) groups is 1. The first-order valence-corrected chi connectivity index (χ1v) is 14.9. The Bertz CT molecular complexity index is 515. The number of ether oxygens (including phenoxy) is 1. The molecule has 186 valence electrons. The first kappa shape index (κ1) is 26.1. The van der Waals surface area contributed by atoms with E-state index in [1.54, 1.807) is 0 Å². The van der Waals surface area contributed by atoms with Crippen LogP contribution in [0.15, 0.2) is 0 Å². The molecule has 3 rings (SSSR count). The number of hydrogen-bond donors (Lipinski definition) is 0. The van der Waals surface area contributed by atoms with E-state index in [1.165, 1.54) is 109 Å². The quantitative estimate of drug-likeness (QED) is 0.196. The van der Waals surface area contributed by atoms with E-state index in [0.717, 1.165) is 48.9 Å². The van der Waals surface area contributed by atoms with E-state index in [1.807, 2.05) is 0 Å². The predicted molar refractivity (Wildman–Crippen MR) is 136 cm³/mol. The number of esters is 1. The van der Waals surface area contributed by atoms with Gasteiger partial charge in [-0.05, 0) is 81.0 Å². The number of fused-ring (bicyclic) bond motifs is 3. The lowest BCUT2D eigenvalue weighted by atomic mass is 9.56. The van der Waals surface area contributed by atoms with E-state index in [4.69, 9.17) is 4.74 Å². The Kier molecular flexibility index (Phi) is 12.0. The highest BCUT2D eigenvalue weighted by molar-refractivity contribution is 5.69. The summed E-state index contributed by atoms with van der Waals surface area (Å²) in [5, 5.41) is 0. The van der Waals surface area contributed by atoms with E-state index in [9.17, 15) is 4.79 Å². The summed E-state index contributed by atoms with van der Waals surface area (Å²) in [7, 11) is 0. The fourth-order valence-electron chi connectivity index (χ4n) is 7.55. The largest absolute Gasteiger partial charge is 0.462 e. The zero-order valence-electron chi connectivity index (χ0n) is 21.6. The Balaban J connectivity index is 1.32. The number of unbranched alkanes of at least 4 members (excludes halogenated alkanes) is 9. The third-order valence-electron chi connectivity index (χ3n) is 9.35. The van der Waals surface area contributed by atoms with E-state index in [-0.39, 0.29) is 12.1 Å². The molecule has 3 fully saturated rings. The van der Waals surface area contributed by atoms with Gasteiger partial charge in [-0.3, -0.25) is 4.79 Å². The van der Waals surface area contributed by atoms with Crippen molar-refractivity contribution >= 4 is 5.97 Å². The second-order valence-electron chi connectivity index (χ2n) is 11.7. The van der Waals surface area contributed by atoms with Gasteiger partial charge in [-0.1, -0.05) is 90.9 Å². The Morgan fingerprint density at radius 1 is 0.656 bits per heavy atom. The Morgan fingerprint density at radius 3 is 1.97 bits per heavy atom. The average molecular weight is 447 g/mol. The fourth-order valence-corrected chi connectivity index (χ4v) is 7.55. The van der Waals surface area contributed by atoms with Gasteiger partial charge in [0.2, 0.25) is 0 Å². The molecule has 0 saturated heterocycles. The molecular weight excluding hydrogens is 392 g/mol. The van der Waals surface area contributed by atoms with Crippen molar-refractivity contribution < 1.29 is 9.53 Å². The Labute approximate surface area is 200 Å². The molecule has 0 heterocycles. The van der Waals surface area contributed by atoms with Crippen LogP contribution in [0.1, 0.15) is 149 Å². The van der Waals surface area contributed by atoms with Crippen LogP contribution in [0, 0.1) is 29.6 Å². The summed E-state index contributed by atoms with van der Waals surface area (Å²) in [6, 6.07) is 0. The van der Waals surface area contributed by atoms with Gasteiger partial charge in [0, 0.05) is 6.42 Å². The molecule has 0 bridgehead atoms. The van der Waals surface area contributed by atoms with Gasteiger partial charge in [0.1, 0.15) is 6.10 Å². The van der Waals surface area contributed by atoms with Gasteiger partial charge >= 0.3 is 5.97 Å². The average Bonchev–Trinajstić information content (AvgIpc) is 2.81. The molecule has 0 aromatic carbocycles. The third kappa shape index (κ3) is 8.35. The van der Waals surface area contributed by atoms with Crippen molar-refractivity contribution in [2.75, 3.05) is 0 Å². The van der Waals surface area contributed by atoms with Crippen molar-refractivity contribution in [1.82, 2.24) is 0 Å². The summed E-state index contributed by atoms with van der Waals surface area (Å²) < 4.78 is 5.95. The Hall–Kier alpha value is -0.530. The van der Waals surface area contributed by atoms with Gasteiger partial charge in [-0.25, -0.2) is 0 Å². The van der Waals surface area contributed by atoms with Crippen LogP contribution < -0.4 is 0 Å². The Morgan fingerprint density at radius 2 is 1.25 bits per heavy atom. The molecule has 3 saturated carbocycles. The van der Waals surface area contributed by atoms with Crippen LogP contribution in [0.3, 0.4) is 0 Å². The predicted octanol–water partition coefficient (Wildman–Crippen LogP) is 9.25. The minimum Gasteiger partial charge on any atom is -0.462 e. The summed E-state index contributed by atoms with van der Waals surface area (Å²) in [6.07, 6.45) is 27.9. The summed E-state index contributed by atoms with van der Waals surface area (Å²) in [5.41, 5.74) is 0. The van der Waals surface area contributed by atoms with E-state index in [2.05, 4.69) is 13.8 Å². The van der Waals surface area contributed by atoms with Crippen molar-refractivity contribution in [2.45, 2.75) is 155 Å². The van der Waals surface area contributed by atoms with Crippen molar-refractivity contribution in [1.29, 1.82) is 0 Å². The lowest BCUT2D eigenvalue weighted by molar-refractivity contribution is -0.153. The highest BCUT2D eigenvalue weighted by Crippen LogP contribution is 2.53. The summed E-state index contributed by atoms with van der Waals surface area (Å²) in [5.74, 6) is 4.88. The molecule has 0 aromatic heterocycles. The number of carbonyl (C=O) groups excluding carboxylic acids is 1. The highest BCUT2D eigenvalue weighted by Gasteiger charge is 2.44. The van der Waals surface area contributed by atoms with Gasteiger partial charge in [0.15, 0.2) is 0 Å². The third-order valence-corrected chi connectivity index (χ3v) is 9.35. The second kappa shape index (κ2) is 14.7. The van der Waals surface area contributed by atoms with Crippen LogP contribution in [-0.4, -0.2) is 12.1 Å². The molecule has 3 aliphatic carbocycles. The van der Waals surface area contributed by atoms with Crippen LogP contribution in [-0.2, 0) is 9.53 Å². The maximum atomic E-state index is 12.3. The van der Waals surface area contributed by atoms with Gasteiger partial charge in [-0.2, -0.15) is 0 Å². The van der Waals surface area contributed by atoms with E-state index >= 15 is 0 Å². The maximum Gasteiger partial charge on any atom is 0.306 e. The smallest absolute Gasteiger partial charge is 0.306 e. The number of hydrogen-bond acceptors (Lipinski definition) is 2. The van der Waals surface area contributed by atoms with Crippen LogP contribution in [0.2, 0.25) is 0 Å².